The first-order chi connectivity index (χ1) is 15.8. The summed E-state index contributed by atoms with van der Waals surface area (Å²) < 4.78 is 29.1. The van der Waals surface area contributed by atoms with Gasteiger partial charge in [-0.2, -0.15) is 8.42 Å². The third-order valence-corrected chi connectivity index (χ3v) is 7.97. The zero-order valence-corrected chi connectivity index (χ0v) is 19.5. The maximum absolute atomic E-state index is 11.1. The Hall–Kier alpha value is -2.33. The zero-order valence-electron chi connectivity index (χ0n) is 18.7. The lowest BCUT2D eigenvalue weighted by Gasteiger charge is -2.19. The number of hydrogen-bond donors (Lipinski definition) is 2. The average Bonchev–Trinajstić information content (AvgIpc) is 3.47. The summed E-state index contributed by atoms with van der Waals surface area (Å²) in [6.45, 7) is 2.15. The molecule has 0 saturated heterocycles. The third-order valence-electron chi connectivity index (χ3n) is 7.51. The van der Waals surface area contributed by atoms with Gasteiger partial charge in [-0.15, -0.1) is 0 Å². The number of fused-ring (bicyclic) bond motifs is 2. The summed E-state index contributed by atoms with van der Waals surface area (Å²) in [4.78, 5) is 9.23. The van der Waals surface area contributed by atoms with E-state index in [0.717, 1.165) is 36.0 Å². The summed E-state index contributed by atoms with van der Waals surface area (Å²) in [5.74, 6) is 0.757. The van der Waals surface area contributed by atoms with Gasteiger partial charge >= 0.3 is 10.3 Å². The fourth-order valence-electron chi connectivity index (χ4n) is 5.82. The van der Waals surface area contributed by atoms with E-state index in [1.165, 1.54) is 11.1 Å². The monoisotopic (exact) mass is 470 g/mol. The van der Waals surface area contributed by atoms with E-state index in [2.05, 4.69) is 51.8 Å². The molecule has 0 spiro atoms. The minimum Gasteiger partial charge on any atom is -0.393 e. The molecule has 0 bridgehead atoms. The molecule has 5 atom stereocenters. The normalized spacial score (nSPS) is 27.3. The van der Waals surface area contributed by atoms with E-state index in [4.69, 9.17) is 9.32 Å². The molecule has 9 heteroatoms. The van der Waals surface area contributed by atoms with Crippen LogP contribution in [-0.2, 0) is 27.3 Å². The Morgan fingerprint density at radius 1 is 1.18 bits per heavy atom. The minimum atomic E-state index is -4.02. The number of aromatic nitrogens is 3. The Kier molecular flexibility index (Phi) is 5.98. The summed E-state index contributed by atoms with van der Waals surface area (Å²) in [6.07, 6.45) is 7.20. The molecule has 2 aliphatic carbocycles. The Labute approximate surface area is 194 Å². The lowest BCUT2D eigenvalue weighted by atomic mass is 9.86. The second kappa shape index (κ2) is 8.79. The van der Waals surface area contributed by atoms with Gasteiger partial charge in [0.25, 0.3) is 0 Å². The molecule has 8 nitrogen and oxygen atoms in total. The second-order valence-electron chi connectivity index (χ2n) is 9.39. The smallest absolute Gasteiger partial charge is 0.333 e. The molecule has 0 radical (unpaired) electrons. The Balaban J connectivity index is 1.39. The largest absolute Gasteiger partial charge is 0.393 e. The van der Waals surface area contributed by atoms with E-state index in [1.807, 2.05) is 6.20 Å². The fraction of sp³-hybridized carbons (Fsp3) is 0.500. The highest BCUT2D eigenvalue weighted by atomic mass is 32.2. The van der Waals surface area contributed by atoms with E-state index < -0.39 is 16.4 Å². The molecule has 33 heavy (non-hydrogen) atoms. The molecule has 2 aromatic heterocycles. The number of aliphatic hydroxyl groups is 1. The maximum atomic E-state index is 11.1. The van der Waals surface area contributed by atoms with Crippen LogP contribution >= 0.6 is 0 Å². The molecular weight excluding hydrogens is 440 g/mol. The highest BCUT2D eigenvalue weighted by Crippen LogP contribution is 2.42. The number of benzene rings is 1. The summed E-state index contributed by atoms with van der Waals surface area (Å²) >= 11 is 0. The van der Waals surface area contributed by atoms with E-state index >= 15 is 0 Å². The standard InChI is InChI=1S/C24H30N4O4S/c1-2-15-9-16-5-3-4-6-19(16)21(15)12-22-20-7-8-28(24(20)27-14-26-22)18-10-17(23(29)11-18)13-32-33(25,30)31/h3-8,14-15,17-18,21,23,29H,2,9-13H2,1H3,(H2,25,30,31)/t15-,17+,18-,21-,23+/m1/s1. The molecule has 176 valence electrons. The number of nitrogens with zero attached hydrogens (tertiary/aromatic N) is 3. The summed E-state index contributed by atoms with van der Waals surface area (Å²) in [5.41, 5.74) is 4.79. The van der Waals surface area contributed by atoms with Crippen LogP contribution in [0.4, 0.5) is 0 Å². The number of nitrogens with two attached hydrogens (primary N) is 1. The number of aliphatic hydroxyl groups excluding tert-OH is 1. The number of rotatable bonds is 7. The summed E-state index contributed by atoms with van der Waals surface area (Å²) in [6, 6.07) is 10.8. The van der Waals surface area contributed by atoms with Gasteiger partial charge in [-0.25, -0.2) is 15.1 Å². The molecule has 1 fully saturated rings. The first kappa shape index (κ1) is 22.5. The van der Waals surface area contributed by atoms with Crippen molar-refractivity contribution in [1.29, 1.82) is 0 Å². The third kappa shape index (κ3) is 4.42. The first-order valence-electron chi connectivity index (χ1n) is 11.6. The molecule has 3 aromatic rings. The predicted octanol–water partition coefficient (Wildman–Crippen LogP) is 2.87. The van der Waals surface area contributed by atoms with Crippen LogP contribution in [0.3, 0.4) is 0 Å². The van der Waals surface area contributed by atoms with Crippen molar-refractivity contribution >= 4 is 21.3 Å². The number of hydrogen-bond acceptors (Lipinski definition) is 6. The molecule has 5 rings (SSSR count). The van der Waals surface area contributed by atoms with Gasteiger partial charge < -0.3 is 9.67 Å². The summed E-state index contributed by atoms with van der Waals surface area (Å²) in [5, 5.41) is 16.4. The van der Waals surface area contributed by atoms with Crippen LogP contribution in [0.1, 0.15) is 55.0 Å². The Morgan fingerprint density at radius 3 is 2.79 bits per heavy atom. The molecule has 1 saturated carbocycles. The van der Waals surface area contributed by atoms with Crippen molar-refractivity contribution in [2.75, 3.05) is 6.61 Å². The van der Waals surface area contributed by atoms with Crippen molar-refractivity contribution in [2.45, 2.75) is 57.1 Å². The van der Waals surface area contributed by atoms with Crippen LogP contribution in [0.25, 0.3) is 11.0 Å². The minimum absolute atomic E-state index is 0.00456. The summed E-state index contributed by atoms with van der Waals surface area (Å²) in [7, 11) is -4.02. The van der Waals surface area contributed by atoms with Gasteiger partial charge in [0.1, 0.15) is 12.0 Å². The fourth-order valence-corrected chi connectivity index (χ4v) is 6.18. The highest BCUT2D eigenvalue weighted by molar-refractivity contribution is 7.84. The molecule has 2 aliphatic rings. The van der Waals surface area contributed by atoms with Crippen LogP contribution in [0.5, 0.6) is 0 Å². The van der Waals surface area contributed by atoms with Crippen molar-refractivity contribution in [3.63, 3.8) is 0 Å². The van der Waals surface area contributed by atoms with Crippen molar-refractivity contribution in [2.24, 2.45) is 17.0 Å². The Morgan fingerprint density at radius 2 is 2.00 bits per heavy atom. The van der Waals surface area contributed by atoms with Crippen molar-refractivity contribution in [3.05, 3.63) is 59.7 Å². The SMILES string of the molecule is CC[C@@H]1Cc2ccccc2[C@@H]1Cc1ncnc2c1ccn2[C@@H]1C[C@@H](COS(N)(=O)=O)[C@@H](O)C1. The van der Waals surface area contributed by atoms with E-state index in [0.29, 0.717) is 24.7 Å². The molecule has 0 aliphatic heterocycles. The average molecular weight is 471 g/mol. The molecule has 2 heterocycles. The molecule has 0 amide bonds. The van der Waals surface area contributed by atoms with Crippen molar-refractivity contribution < 1.29 is 17.7 Å². The maximum Gasteiger partial charge on any atom is 0.333 e. The van der Waals surface area contributed by atoms with E-state index in [-0.39, 0.29) is 18.6 Å². The van der Waals surface area contributed by atoms with Crippen LogP contribution in [-0.4, -0.2) is 40.8 Å². The van der Waals surface area contributed by atoms with Gasteiger partial charge in [0.05, 0.1) is 18.4 Å². The molecule has 0 unspecified atom stereocenters. The van der Waals surface area contributed by atoms with Gasteiger partial charge in [-0.05, 0) is 54.7 Å². The van der Waals surface area contributed by atoms with Crippen molar-refractivity contribution in [3.8, 4) is 0 Å². The van der Waals surface area contributed by atoms with Crippen molar-refractivity contribution in [1.82, 2.24) is 14.5 Å². The van der Waals surface area contributed by atoms with Gasteiger partial charge in [-0.3, -0.25) is 4.18 Å². The van der Waals surface area contributed by atoms with Gasteiger partial charge in [-0.1, -0.05) is 37.6 Å². The highest BCUT2D eigenvalue weighted by Gasteiger charge is 2.36. The quantitative estimate of drug-likeness (QED) is 0.548. The van der Waals surface area contributed by atoms with Crippen LogP contribution < -0.4 is 5.14 Å². The lowest BCUT2D eigenvalue weighted by Crippen LogP contribution is -2.24. The van der Waals surface area contributed by atoms with Gasteiger partial charge in [0.2, 0.25) is 0 Å². The molecule has 1 aromatic carbocycles. The molecular formula is C24H30N4O4S. The lowest BCUT2D eigenvalue weighted by molar-refractivity contribution is 0.100. The van der Waals surface area contributed by atoms with Crippen LogP contribution in [0.15, 0.2) is 42.9 Å². The first-order valence-corrected chi connectivity index (χ1v) is 13.0. The van der Waals surface area contributed by atoms with E-state index in [1.54, 1.807) is 6.33 Å². The van der Waals surface area contributed by atoms with Gasteiger partial charge in [0, 0.05) is 23.5 Å². The zero-order chi connectivity index (χ0) is 23.2. The van der Waals surface area contributed by atoms with Crippen LogP contribution in [0, 0.1) is 11.8 Å². The second-order valence-corrected chi connectivity index (χ2v) is 10.6. The van der Waals surface area contributed by atoms with Crippen LogP contribution in [0.2, 0.25) is 0 Å². The predicted molar refractivity (Wildman–Crippen MR) is 125 cm³/mol. The Bertz CT molecular complexity index is 1260. The van der Waals surface area contributed by atoms with Gasteiger partial charge in [0.15, 0.2) is 0 Å². The topological polar surface area (TPSA) is 120 Å². The molecule has 3 N–H and O–H groups in total. The van der Waals surface area contributed by atoms with E-state index in [9.17, 15) is 13.5 Å².